The van der Waals surface area contributed by atoms with Gasteiger partial charge in [0, 0.05) is 10.6 Å². The lowest BCUT2D eigenvalue weighted by atomic mass is 10.0. The van der Waals surface area contributed by atoms with Crippen LogP contribution in [0.25, 0.3) is 0 Å². The molecule has 0 bridgehead atoms. The molecular weight excluding hydrogens is 248 g/mol. The maximum absolute atomic E-state index is 12.1. The van der Waals surface area contributed by atoms with E-state index in [0.717, 1.165) is 5.56 Å². The average Bonchev–Trinajstić information content (AvgIpc) is 3.20. The quantitative estimate of drug-likeness (QED) is 0.621. The number of hydrogen-bond acceptors (Lipinski definition) is 2. The number of ketones is 1. The van der Waals surface area contributed by atoms with Crippen LogP contribution in [0, 0.1) is 0 Å². The fourth-order valence-electron chi connectivity index (χ4n) is 1.98. The average molecular weight is 259 g/mol. The van der Waals surface area contributed by atoms with Gasteiger partial charge in [-0.15, -0.1) is 0 Å². The molecule has 0 aromatic heterocycles. The van der Waals surface area contributed by atoms with Crippen LogP contribution in [0.3, 0.4) is 0 Å². The van der Waals surface area contributed by atoms with E-state index in [2.05, 4.69) is 0 Å². The summed E-state index contributed by atoms with van der Waals surface area (Å²) >= 11 is 5.82. The standard InChI is InChI=1S/C15H11ClO2/c16-12-8-6-11(7-9-12)14-15(18-14)13(17)10-4-2-1-3-5-10/h1-9,14-15H/t14-,15-/m1/s1. The Kier molecular flexibility index (Phi) is 2.90. The lowest BCUT2D eigenvalue weighted by Gasteiger charge is -1.97. The van der Waals surface area contributed by atoms with Crippen LogP contribution in [0.4, 0.5) is 0 Å². The first-order valence-electron chi connectivity index (χ1n) is 5.76. The van der Waals surface area contributed by atoms with Crippen molar-refractivity contribution in [2.75, 3.05) is 0 Å². The highest BCUT2D eigenvalue weighted by molar-refractivity contribution is 6.30. The van der Waals surface area contributed by atoms with Gasteiger partial charge in [0.15, 0.2) is 11.9 Å². The SMILES string of the molecule is O=C(c1ccccc1)[C@H]1O[C@@H]1c1ccc(Cl)cc1. The number of ether oxygens (including phenoxy) is 1. The fourth-order valence-corrected chi connectivity index (χ4v) is 2.11. The summed E-state index contributed by atoms with van der Waals surface area (Å²) in [6.45, 7) is 0. The molecule has 18 heavy (non-hydrogen) atoms. The number of halogens is 1. The van der Waals surface area contributed by atoms with Gasteiger partial charge in [0.05, 0.1) is 0 Å². The second kappa shape index (κ2) is 4.56. The monoisotopic (exact) mass is 258 g/mol. The van der Waals surface area contributed by atoms with E-state index < -0.39 is 0 Å². The smallest absolute Gasteiger partial charge is 0.194 e. The van der Waals surface area contributed by atoms with Gasteiger partial charge in [-0.25, -0.2) is 0 Å². The van der Waals surface area contributed by atoms with Gasteiger partial charge in [0.25, 0.3) is 0 Å². The van der Waals surface area contributed by atoms with E-state index in [1.807, 2.05) is 54.6 Å². The minimum absolute atomic E-state index is 0.0375. The minimum Gasteiger partial charge on any atom is -0.356 e. The molecule has 90 valence electrons. The molecule has 1 aliphatic rings. The number of epoxide rings is 1. The molecule has 2 nitrogen and oxygen atoms in total. The van der Waals surface area contributed by atoms with Crippen molar-refractivity contribution in [1.29, 1.82) is 0 Å². The zero-order valence-corrected chi connectivity index (χ0v) is 10.3. The van der Waals surface area contributed by atoms with Crippen molar-refractivity contribution in [2.45, 2.75) is 12.2 Å². The molecule has 0 aliphatic carbocycles. The molecular formula is C15H11ClO2. The number of rotatable bonds is 3. The summed E-state index contributed by atoms with van der Waals surface area (Å²) in [5.41, 5.74) is 1.69. The predicted octanol–water partition coefficient (Wildman–Crippen LogP) is 3.66. The van der Waals surface area contributed by atoms with Crippen molar-refractivity contribution < 1.29 is 9.53 Å². The van der Waals surface area contributed by atoms with Crippen molar-refractivity contribution >= 4 is 17.4 Å². The normalized spacial score (nSPS) is 21.6. The Morgan fingerprint density at radius 1 is 1.00 bits per heavy atom. The topological polar surface area (TPSA) is 29.6 Å². The molecule has 2 aromatic carbocycles. The van der Waals surface area contributed by atoms with E-state index in [1.165, 1.54) is 0 Å². The van der Waals surface area contributed by atoms with Crippen LogP contribution in [0.1, 0.15) is 22.0 Å². The van der Waals surface area contributed by atoms with Gasteiger partial charge in [-0.3, -0.25) is 4.79 Å². The summed E-state index contributed by atoms with van der Waals surface area (Å²) in [7, 11) is 0. The summed E-state index contributed by atoms with van der Waals surface area (Å²) in [6.07, 6.45) is -0.483. The lowest BCUT2D eigenvalue weighted by Crippen LogP contribution is -2.07. The third-order valence-electron chi connectivity index (χ3n) is 3.01. The van der Waals surface area contributed by atoms with E-state index in [1.54, 1.807) is 0 Å². The number of carbonyl (C=O) groups is 1. The zero-order chi connectivity index (χ0) is 12.5. The van der Waals surface area contributed by atoms with Crippen LogP contribution in [-0.4, -0.2) is 11.9 Å². The molecule has 0 radical (unpaired) electrons. The molecule has 2 aromatic rings. The Morgan fingerprint density at radius 3 is 2.33 bits per heavy atom. The van der Waals surface area contributed by atoms with Crippen molar-refractivity contribution in [3.05, 3.63) is 70.7 Å². The Hall–Kier alpha value is -1.64. The van der Waals surface area contributed by atoms with Gasteiger partial charge < -0.3 is 4.74 Å². The van der Waals surface area contributed by atoms with Gasteiger partial charge in [-0.05, 0) is 17.7 Å². The van der Waals surface area contributed by atoms with Crippen LogP contribution < -0.4 is 0 Å². The summed E-state index contributed by atoms with van der Waals surface area (Å²) < 4.78 is 5.47. The molecule has 3 rings (SSSR count). The van der Waals surface area contributed by atoms with Gasteiger partial charge in [-0.1, -0.05) is 54.1 Å². The van der Waals surface area contributed by atoms with E-state index in [4.69, 9.17) is 16.3 Å². The molecule has 1 heterocycles. The zero-order valence-electron chi connectivity index (χ0n) is 9.55. The van der Waals surface area contributed by atoms with Gasteiger partial charge >= 0.3 is 0 Å². The third kappa shape index (κ3) is 2.17. The molecule has 1 aliphatic heterocycles. The van der Waals surface area contributed by atoms with E-state index in [-0.39, 0.29) is 18.0 Å². The molecule has 0 N–H and O–H groups in total. The minimum atomic E-state index is -0.353. The summed E-state index contributed by atoms with van der Waals surface area (Å²) in [6, 6.07) is 16.6. The Balaban J connectivity index is 1.75. The molecule has 0 unspecified atom stereocenters. The highest BCUT2D eigenvalue weighted by atomic mass is 35.5. The van der Waals surface area contributed by atoms with Crippen LogP contribution in [-0.2, 0) is 4.74 Å². The fraction of sp³-hybridized carbons (Fsp3) is 0.133. The van der Waals surface area contributed by atoms with Crippen molar-refractivity contribution in [2.24, 2.45) is 0 Å². The number of carbonyl (C=O) groups excluding carboxylic acids is 1. The van der Waals surface area contributed by atoms with Crippen LogP contribution >= 0.6 is 11.6 Å². The Bertz CT molecular complexity index is 563. The highest BCUT2D eigenvalue weighted by Gasteiger charge is 2.45. The molecule has 2 atom stereocenters. The molecule has 0 amide bonds. The molecule has 1 fully saturated rings. The summed E-state index contributed by atoms with van der Waals surface area (Å²) in [4.78, 5) is 12.1. The van der Waals surface area contributed by atoms with Crippen LogP contribution in [0.5, 0.6) is 0 Å². The van der Waals surface area contributed by atoms with Gasteiger partial charge in [-0.2, -0.15) is 0 Å². The molecule has 1 saturated heterocycles. The molecule has 3 heteroatoms. The molecule has 0 saturated carbocycles. The second-order valence-corrected chi connectivity index (χ2v) is 4.70. The maximum Gasteiger partial charge on any atom is 0.194 e. The van der Waals surface area contributed by atoms with Crippen LogP contribution in [0.2, 0.25) is 5.02 Å². The Labute approximate surface area is 110 Å². The third-order valence-corrected chi connectivity index (χ3v) is 3.26. The lowest BCUT2D eigenvalue weighted by molar-refractivity contribution is 0.0953. The highest BCUT2D eigenvalue weighted by Crippen LogP contribution is 2.40. The van der Waals surface area contributed by atoms with Crippen LogP contribution in [0.15, 0.2) is 54.6 Å². The van der Waals surface area contributed by atoms with Gasteiger partial charge in [0.2, 0.25) is 0 Å². The number of hydrogen-bond donors (Lipinski definition) is 0. The van der Waals surface area contributed by atoms with E-state index >= 15 is 0 Å². The van der Waals surface area contributed by atoms with Gasteiger partial charge in [0.1, 0.15) is 6.10 Å². The summed E-state index contributed by atoms with van der Waals surface area (Å²) in [5.74, 6) is 0.0375. The largest absolute Gasteiger partial charge is 0.356 e. The van der Waals surface area contributed by atoms with Crippen molar-refractivity contribution in [3.8, 4) is 0 Å². The van der Waals surface area contributed by atoms with Crippen molar-refractivity contribution in [1.82, 2.24) is 0 Å². The Morgan fingerprint density at radius 2 is 1.67 bits per heavy atom. The van der Waals surface area contributed by atoms with E-state index in [9.17, 15) is 4.79 Å². The number of Topliss-reactive ketones (excluding diaryl/α,β-unsaturated/α-hetero) is 1. The first-order chi connectivity index (χ1) is 8.75. The summed E-state index contributed by atoms with van der Waals surface area (Å²) in [5, 5.41) is 0.685. The second-order valence-electron chi connectivity index (χ2n) is 4.26. The first-order valence-corrected chi connectivity index (χ1v) is 6.14. The maximum atomic E-state index is 12.1. The van der Waals surface area contributed by atoms with Crippen molar-refractivity contribution in [3.63, 3.8) is 0 Å². The predicted molar refractivity (Wildman–Crippen MR) is 69.8 cm³/mol. The van der Waals surface area contributed by atoms with E-state index in [0.29, 0.717) is 10.6 Å². The molecule has 0 spiro atoms. The first kappa shape index (κ1) is 11.5. The number of benzene rings is 2.